The summed E-state index contributed by atoms with van der Waals surface area (Å²) in [6.45, 7) is 0. The number of allylic oxidation sites excluding steroid dienone is 2. The molecular weight excluding hydrogens is 349 g/mol. The molecule has 7 heteroatoms. The van der Waals surface area contributed by atoms with E-state index in [1.807, 2.05) is 0 Å². The van der Waals surface area contributed by atoms with Crippen LogP contribution in [0.5, 0.6) is 0 Å². The summed E-state index contributed by atoms with van der Waals surface area (Å²) in [4.78, 5) is 22.4. The molecular formula is C19H15F3O4. The molecule has 2 aromatic carbocycles. The summed E-state index contributed by atoms with van der Waals surface area (Å²) in [6, 6.07) is 10.8. The minimum absolute atomic E-state index is 0.148. The Labute approximate surface area is 147 Å². The number of carbonyl (C=O) groups is 2. The Morgan fingerprint density at radius 3 is 1.81 bits per heavy atom. The van der Waals surface area contributed by atoms with Gasteiger partial charge in [-0.1, -0.05) is 36.4 Å². The number of carboxylic acid groups (broad SMARTS) is 1. The molecule has 0 spiro atoms. The van der Waals surface area contributed by atoms with Crippen LogP contribution in [0.2, 0.25) is 0 Å². The van der Waals surface area contributed by atoms with E-state index < -0.39 is 23.5 Å². The first kappa shape index (κ1) is 19.2. The zero-order valence-electron chi connectivity index (χ0n) is 13.5. The maximum atomic E-state index is 12.6. The van der Waals surface area contributed by atoms with E-state index >= 15 is 0 Å². The van der Waals surface area contributed by atoms with Gasteiger partial charge in [-0.15, -0.1) is 0 Å². The van der Waals surface area contributed by atoms with E-state index in [2.05, 4.69) is 0 Å². The van der Waals surface area contributed by atoms with Crippen molar-refractivity contribution in [1.82, 2.24) is 0 Å². The second-order valence-corrected chi connectivity index (χ2v) is 5.55. The van der Waals surface area contributed by atoms with Crippen LogP contribution >= 0.6 is 0 Å². The highest BCUT2D eigenvalue weighted by Gasteiger charge is 2.29. The van der Waals surface area contributed by atoms with Crippen molar-refractivity contribution in [2.24, 2.45) is 0 Å². The van der Waals surface area contributed by atoms with E-state index in [1.54, 1.807) is 12.1 Å². The number of aliphatic hydroxyl groups excluding tert-OH is 1. The summed E-state index contributed by atoms with van der Waals surface area (Å²) in [5.74, 6) is -1.91. The lowest BCUT2D eigenvalue weighted by atomic mass is 10.0. The Hall–Kier alpha value is -3.09. The average molecular weight is 364 g/mol. The summed E-state index contributed by atoms with van der Waals surface area (Å²) < 4.78 is 37.7. The van der Waals surface area contributed by atoms with Crippen LogP contribution < -0.4 is 0 Å². The molecule has 0 aliphatic heterocycles. The molecule has 0 fully saturated rings. The molecule has 0 aliphatic rings. The molecule has 26 heavy (non-hydrogen) atoms. The monoisotopic (exact) mass is 364 g/mol. The van der Waals surface area contributed by atoms with Crippen LogP contribution in [-0.2, 0) is 11.0 Å². The predicted octanol–water partition coefficient (Wildman–Crippen LogP) is 4.86. The van der Waals surface area contributed by atoms with Crippen LogP contribution in [0, 0.1) is 0 Å². The fraction of sp³-hybridized carbons (Fsp3) is 0.158. The Balaban J connectivity index is 2.11. The van der Waals surface area contributed by atoms with Crippen molar-refractivity contribution < 1.29 is 33.0 Å². The third-order valence-electron chi connectivity index (χ3n) is 3.61. The van der Waals surface area contributed by atoms with E-state index in [1.165, 1.54) is 24.3 Å². The van der Waals surface area contributed by atoms with Gasteiger partial charge in [-0.05, 0) is 23.3 Å². The maximum absolute atomic E-state index is 12.6. The molecule has 2 N–H and O–H groups in total. The standard InChI is InChI=1S/C19H15F3O4/c20-19(21,22)15-7-5-13(6-8-15)12-1-3-14(4-2-12)17(24)11-16(23)9-10-18(25)26/h1-8,11,23H,9-10H2,(H,25,26). The SMILES string of the molecule is O=C(O)CCC(O)=CC(=O)c1ccc(-c2ccc(C(F)(F)F)cc2)cc1. The summed E-state index contributed by atoms with van der Waals surface area (Å²) in [7, 11) is 0. The second kappa shape index (κ2) is 7.86. The summed E-state index contributed by atoms with van der Waals surface area (Å²) >= 11 is 0. The minimum Gasteiger partial charge on any atom is -0.512 e. The van der Waals surface area contributed by atoms with Gasteiger partial charge in [0.15, 0.2) is 5.78 Å². The summed E-state index contributed by atoms with van der Waals surface area (Å²) in [5.41, 5.74) is 0.726. The number of hydrogen-bond acceptors (Lipinski definition) is 3. The fourth-order valence-electron chi connectivity index (χ4n) is 2.22. The Kier molecular flexibility index (Phi) is 5.82. The topological polar surface area (TPSA) is 74.6 Å². The zero-order chi connectivity index (χ0) is 19.3. The van der Waals surface area contributed by atoms with Crippen molar-refractivity contribution in [2.45, 2.75) is 19.0 Å². The number of rotatable bonds is 6. The van der Waals surface area contributed by atoms with E-state index in [0.717, 1.165) is 18.2 Å². The van der Waals surface area contributed by atoms with Crippen molar-refractivity contribution >= 4 is 11.8 Å². The highest BCUT2D eigenvalue weighted by molar-refractivity contribution is 6.05. The van der Waals surface area contributed by atoms with E-state index in [4.69, 9.17) is 5.11 Å². The number of benzene rings is 2. The molecule has 0 radical (unpaired) electrons. The van der Waals surface area contributed by atoms with Crippen LogP contribution in [0.1, 0.15) is 28.8 Å². The van der Waals surface area contributed by atoms with Crippen molar-refractivity contribution in [1.29, 1.82) is 0 Å². The summed E-state index contributed by atoms with van der Waals surface area (Å²) in [5, 5.41) is 18.1. The second-order valence-electron chi connectivity index (χ2n) is 5.55. The number of halogens is 3. The van der Waals surface area contributed by atoms with Gasteiger partial charge in [0.2, 0.25) is 0 Å². The van der Waals surface area contributed by atoms with E-state index in [9.17, 15) is 27.9 Å². The van der Waals surface area contributed by atoms with Gasteiger partial charge in [0.1, 0.15) is 0 Å². The first-order valence-electron chi connectivity index (χ1n) is 7.60. The van der Waals surface area contributed by atoms with Crippen LogP contribution in [0.25, 0.3) is 11.1 Å². The van der Waals surface area contributed by atoms with Gasteiger partial charge in [-0.25, -0.2) is 0 Å². The highest BCUT2D eigenvalue weighted by atomic mass is 19.4. The Morgan fingerprint density at radius 2 is 1.35 bits per heavy atom. The maximum Gasteiger partial charge on any atom is 0.416 e. The number of carbonyl (C=O) groups excluding carboxylic acids is 1. The molecule has 0 saturated carbocycles. The molecule has 0 amide bonds. The van der Waals surface area contributed by atoms with E-state index in [0.29, 0.717) is 11.1 Å². The lowest BCUT2D eigenvalue weighted by molar-refractivity contribution is -0.138. The predicted molar refractivity (Wildman–Crippen MR) is 88.8 cm³/mol. The Bertz CT molecular complexity index is 819. The summed E-state index contributed by atoms with van der Waals surface area (Å²) in [6.07, 6.45) is -3.88. The lowest BCUT2D eigenvalue weighted by Gasteiger charge is -2.08. The quantitative estimate of drug-likeness (QED) is 0.436. The van der Waals surface area contributed by atoms with Gasteiger partial charge < -0.3 is 10.2 Å². The first-order valence-corrected chi connectivity index (χ1v) is 7.60. The lowest BCUT2D eigenvalue weighted by Crippen LogP contribution is -2.04. The van der Waals surface area contributed by atoms with Gasteiger partial charge in [-0.3, -0.25) is 9.59 Å². The molecule has 0 atom stereocenters. The number of hydrogen-bond donors (Lipinski definition) is 2. The third kappa shape index (κ3) is 5.20. The minimum atomic E-state index is -4.40. The van der Waals surface area contributed by atoms with Gasteiger partial charge in [0.05, 0.1) is 17.7 Å². The number of alkyl halides is 3. The number of ketones is 1. The average Bonchev–Trinajstić information content (AvgIpc) is 2.59. The van der Waals surface area contributed by atoms with Crippen molar-refractivity contribution in [3.63, 3.8) is 0 Å². The fourth-order valence-corrected chi connectivity index (χ4v) is 2.22. The molecule has 0 aromatic heterocycles. The smallest absolute Gasteiger partial charge is 0.416 e. The molecule has 0 aliphatic carbocycles. The largest absolute Gasteiger partial charge is 0.512 e. The van der Waals surface area contributed by atoms with Crippen molar-refractivity contribution in [3.8, 4) is 11.1 Å². The van der Waals surface area contributed by atoms with Gasteiger partial charge in [0.25, 0.3) is 0 Å². The molecule has 2 aromatic rings. The number of aliphatic hydroxyl groups is 1. The van der Waals surface area contributed by atoms with Gasteiger partial charge in [0, 0.05) is 18.1 Å². The molecule has 136 valence electrons. The molecule has 0 saturated heterocycles. The first-order chi connectivity index (χ1) is 12.2. The van der Waals surface area contributed by atoms with Crippen LogP contribution in [0.15, 0.2) is 60.4 Å². The molecule has 4 nitrogen and oxygen atoms in total. The third-order valence-corrected chi connectivity index (χ3v) is 3.61. The van der Waals surface area contributed by atoms with Crippen LogP contribution in [0.3, 0.4) is 0 Å². The molecule has 2 rings (SSSR count). The molecule has 0 bridgehead atoms. The Morgan fingerprint density at radius 1 is 0.846 bits per heavy atom. The van der Waals surface area contributed by atoms with Gasteiger partial charge in [-0.2, -0.15) is 13.2 Å². The van der Waals surface area contributed by atoms with Crippen LogP contribution in [-0.4, -0.2) is 22.0 Å². The van der Waals surface area contributed by atoms with Crippen molar-refractivity contribution in [2.75, 3.05) is 0 Å². The molecule has 0 heterocycles. The van der Waals surface area contributed by atoms with Gasteiger partial charge >= 0.3 is 12.1 Å². The van der Waals surface area contributed by atoms with Crippen molar-refractivity contribution in [3.05, 3.63) is 71.5 Å². The zero-order valence-corrected chi connectivity index (χ0v) is 13.5. The van der Waals surface area contributed by atoms with E-state index in [-0.39, 0.29) is 24.2 Å². The normalized spacial score (nSPS) is 12.0. The number of carboxylic acids is 1. The molecule has 0 unspecified atom stereocenters. The highest BCUT2D eigenvalue weighted by Crippen LogP contribution is 2.31. The van der Waals surface area contributed by atoms with Crippen LogP contribution in [0.4, 0.5) is 13.2 Å². The number of aliphatic carboxylic acids is 1.